The third kappa shape index (κ3) is 4.29. The van der Waals surface area contributed by atoms with E-state index in [0.717, 1.165) is 61.1 Å². The first-order chi connectivity index (χ1) is 15.5. The first kappa shape index (κ1) is 21.1. The van der Waals surface area contributed by atoms with Gasteiger partial charge in [-0.1, -0.05) is 37.4 Å². The quantitative estimate of drug-likeness (QED) is 0.445. The van der Waals surface area contributed by atoms with Crippen molar-refractivity contribution >= 4 is 45.9 Å². The molecule has 0 atom stereocenters. The molecular weight excluding hydrogens is 422 g/mol. The largest absolute Gasteiger partial charge is 0.371 e. The Labute approximate surface area is 193 Å². The molecule has 3 aromatic rings. The summed E-state index contributed by atoms with van der Waals surface area (Å²) >= 11 is 6.45. The van der Waals surface area contributed by atoms with E-state index in [9.17, 15) is 4.79 Å². The smallest absolute Gasteiger partial charge is 0.226 e. The van der Waals surface area contributed by atoms with Crippen molar-refractivity contribution in [2.24, 2.45) is 5.41 Å². The Balaban J connectivity index is 1.29. The predicted octanol–water partition coefficient (Wildman–Crippen LogP) is 5.76. The molecule has 0 bridgehead atoms. The zero-order chi connectivity index (χ0) is 22.1. The molecule has 1 aliphatic heterocycles. The number of hydrogen-bond acceptors (Lipinski definition) is 4. The second-order valence-corrected chi connectivity index (χ2v) is 9.78. The van der Waals surface area contributed by atoms with Gasteiger partial charge in [0.1, 0.15) is 0 Å². The fourth-order valence-electron chi connectivity index (χ4n) is 4.91. The van der Waals surface area contributed by atoms with E-state index in [-0.39, 0.29) is 11.3 Å². The van der Waals surface area contributed by atoms with Crippen molar-refractivity contribution < 1.29 is 4.79 Å². The minimum absolute atomic E-state index is 0.144. The molecule has 0 unspecified atom stereocenters. The molecule has 1 aromatic heterocycles. The Morgan fingerprint density at radius 2 is 1.91 bits per heavy atom. The van der Waals surface area contributed by atoms with Crippen molar-refractivity contribution in [2.45, 2.75) is 52.0 Å². The number of carbonyl (C=O) groups is 1. The number of aromatic amines is 1. The van der Waals surface area contributed by atoms with Gasteiger partial charge >= 0.3 is 0 Å². The van der Waals surface area contributed by atoms with Gasteiger partial charge in [0.2, 0.25) is 11.9 Å². The average Bonchev–Trinajstić information content (AvgIpc) is 3.54. The molecular formula is C25H30ClN5O. The number of imidazole rings is 1. The number of hydrogen-bond donors (Lipinski definition) is 3. The Bertz CT molecular complexity index is 1130. The van der Waals surface area contributed by atoms with Crippen LogP contribution in [-0.2, 0) is 11.3 Å². The number of anilines is 3. The summed E-state index contributed by atoms with van der Waals surface area (Å²) in [7, 11) is 0. The van der Waals surface area contributed by atoms with Gasteiger partial charge in [0.05, 0.1) is 21.7 Å². The monoisotopic (exact) mass is 451 g/mol. The highest BCUT2D eigenvalue weighted by Crippen LogP contribution is 2.37. The molecule has 1 aliphatic carbocycles. The van der Waals surface area contributed by atoms with Gasteiger partial charge in [-0.15, -0.1) is 0 Å². The van der Waals surface area contributed by atoms with Gasteiger partial charge in [0.15, 0.2) is 0 Å². The van der Waals surface area contributed by atoms with Crippen LogP contribution in [0.5, 0.6) is 0 Å². The molecule has 32 heavy (non-hydrogen) atoms. The fraction of sp³-hybridized carbons (Fsp3) is 0.440. The first-order valence-corrected chi connectivity index (χ1v) is 12.0. The average molecular weight is 452 g/mol. The number of nitrogens with one attached hydrogen (secondary N) is 3. The lowest BCUT2D eigenvalue weighted by atomic mass is 9.88. The van der Waals surface area contributed by atoms with Crippen LogP contribution in [0.15, 0.2) is 36.4 Å². The van der Waals surface area contributed by atoms with E-state index in [2.05, 4.69) is 45.6 Å². The maximum Gasteiger partial charge on any atom is 0.226 e. The maximum absolute atomic E-state index is 12.6. The minimum Gasteiger partial charge on any atom is -0.371 e. The molecule has 6 nitrogen and oxygen atoms in total. The highest BCUT2D eigenvalue weighted by atomic mass is 35.5. The van der Waals surface area contributed by atoms with Gasteiger partial charge in [-0.2, -0.15) is 0 Å². The second-order valence-electron chi connectivity index (χ2n) is 9.37. The number of H-pyrrole nitrogens is 1. The van der Waals surface area contributed by atoms with Crippen LogP contribution in [0.3, 0.4) is 0 Å². The molecule has 1 saturated heterocycles. The maximum atomic E-state index is 12.6. The molecule has 7 heteroatoms. The molecule has 2 aromatic carbocycles. The van der Waals surface area contributed by atoms with Crippen LogP contribution in [0, 0.1) is 5.41 Å². The van der Waals surface area contributed by atoms with Gasteiger partial charge in [0, 0.05) is 30.7 Å². The number of nitrogens with zero attached hydrogens (tertiary/aromatic N) is 2. The fourth-order valence-corrected chi connectivity index (χ4v) is 5.07. The molecule has 2 heterocycles. The van der Waals surface area contributed by atoms with E-state index in [4.69, 9.17) is 16.6 Å². The molecule has 0 spiro atoms. The number of benzene rings is 2. The predicted molar refractivity (Wildman–Crippen MR) is 131 cm³/mol. The van der Waals surface area contributed by atoms with Gasteiger partial charge < -0.3 is 20.5 Å². The van der Waals surface area contributed by atoms with Crippen molar-refractivity contribution in [3.63, 3.8) is 0 Å². The lowest BCUT2D eigenvalue weighted by Crippen LogP contribution is -2.36. The molecule has 2 fully saturated rings. The summed E-state index contributed by atoms with van der Waals surface area (Å²) in [6.45, 7) is 4.78. The summed E-state index contributed by atoms with van der Waals surface area (Å²) in [5, 5.41) is 7.04. The summed E-state index contributed by atoms with van der Waals surface area (Å²) in [6, 6.07) is 12.2. The van der Waals surface area contributed by atoms with E-state index >= 15 is 0 Å². The number of rotatable bonds is 6. The van der Waals surface area contributed by atoms with Gasteiger partial charge in [-0.3, -0.25) is 4.79 Å². The highest BCUT2D eigenvalue weighted by molar-refractivity contribution is 6.33. The molecule has 168 valence electrons. The van der Waals surface area contributed by atoms with E-state index in [1.54, 1.807) is 0 Å². The van der Waals surface area contributed by atoms with Crippen LogP contribution in [0.4, 0.5) is 17.3 Å². The SMILES string of the molecule is CC1(C(=O)NCc2ccc(Cl)c(Nc3nc4cc(N5CCCC5)ccc4[nH]3)c2)CCCC1. The standard InChI is InChI=1S/C25H30ClN5O/c1-25(10-2-3-11-25)23(32)27-16-17-6-8-19(26)21(14-17)29-24-28-20-9-7-18(15-22(20)30-24)31-12-4-5-13-31/h6-9,14-15H,2-5,10-13,16H2,1H3,(H,27,32)(H2,28,29,30). The van der Waals surface area contributed by atoms with Crippen LogP contribution < -0.4 is 15.5 Å². The molecule has 2 aliphatic rings. The summed E-state index contributed by atoms with van der Waals surface area (Å²) in [5.74, 6) is 0.797. The van der Waals surface area contributed by atoms with Crippen molar-refractivity contribution in [3.05, 3.63) is 47.0 Å². The summed E-state index contributed by atoms with van der Waals surface area (Å²) in [6.07, 6.45) is 6.71. The Morgan fingerprint density at radius 3 is 2.69 bits per heavy atom. The topological polar surface area (TPSA) is 73.1 Å². The Hall–Kier alpha value is -2.73. The van der Waals surface area contributed by atoms with E-state index in [0.29, 0.717) is 17.5 Å². The number of carbonyl (C=O) groups excluding carboxylic acids is 1. The molecule has 1 amide bonds. The van der Waals surface area contributed by atoms with E-state index in [1.807, 2.05) is 18.2 Å². The van der Waals surface area contributed by atoms with Crippen molar-refractivity contribution in [2.75, 3.05) is 23.3 Å². The van der Waals surface area contributed by atoms with Crippen molar-refractivity contribution in [3.8, 4) is 0 Å². The summed E-state index contributed by atoms with van der Waals surface area (Å²) in [5.41, 5.74) is 4.68. The molecule has 1 saturated carbocycles. The van der Waals surface area contributed by atoms with E-state index < -0.39 is 0 Å². The number of fused-ring (bicyclic) bond motifs is 1. The molecule has 5 rings (SSSR count). The van der Waals surface area contributed by atoms with E-state index in [1.165, 1.54) is 18.5 Å². The zero-order valence-electron chi connectivity index (χ0n) is 18.5. The van der Waals surface area contributed by atoms with Crippen LogP contribution in [0.1, 0.15) is 51.0 Å². The summed E-state index contributed by atoms with van der Waals surface area (Å²) in [4.78, 5) is 23.1. The van der Waals surface area contributed by atoms with Crippen LogP contribution in [0.2, 0.25) is 5.02 Å². The van der Waals surface area contributed by atoms with Crippen LogP contribution in [-0.4, -0.2) is 29.0 Å². The van der Waals surface area contributed by atoms with Crippen LogP contribution >= 0.6 is 11.6 Å². The van der Waals surface area contributed by atoms with Crippen molar-refractivity contribution in [1.82, 2.24) is 15.3 Å². The summed E-state index contributed by atoms with van der Waals surface area (Å²) < 4.78 is 0. The van der Waals surface area contributed by atoms with Crippen molar-refractivity contribution in [1.29, 1.82) is 0 Å². The third-order valence-corrected chi connectivity index (χ3v) is 7.26. The third-order valence-electron chi connectivity index (χ3n) is 6.93. The normalized spacial score (nSPS) is 17.8. The Morgan fingerprint density at radius 1 is 1.12 bits per heavy atom. The second kappa shape index (κ2) is 8.66. The van der Waals surface area contributed by atoms with Gasteiger partial charge in [-0.05, 0) is 61.6 Å². The Kier molecular flexibility index (Phi) is 5.72. The van der Waals surface area contributed by atoms with Gasteiger partial charge in [-0.25, -0.2) is 4.98 Å². The van der Waals surface area contributed by atoms with Gasteiger partial charge in [0.25, 0.3) is 0 Å². The lowest BCUT2D eigenvalue weighted by molar-refractivity contribution is -0.130. The minimum atomic E-state index is -0.226. The zero-order valence-corrected chi connectivity index (χ0v) is 19.3. The first-order valence-electron chi connectivity index (χ1n) is 11.6. The molecule has 3 N–H and O–H groups in total. The number of halogens is 1. The molecule has 0 radical (unpaired) electrons. The van der Waals surface area contributed by atoms with Crippen LogP contribution in [0.25, 0.3) is 11.0 Å². The lowest BCUT2D eigenvalue weighted by Gasteiger charge is -2.22. The number of aromatic nitrogens is 2. The highest BCUT2D eigenvalue weighted by Gasteiger charge is 2.35. The number of amides is 1.